The van der Waals surface area contributed by atoms with Crippen LogP contribution in [0.15, 0.2) is 61.3 Å². The van der Waals surface area contributed by atoms with E-state index in [0.29, 0.717) is 13.1 Å². The van der Waals surface area contributed by atoms with Crippen molar-refractivity contribution < 1.29 is 4.79 Å². The zero-order chi connectivity index (χ0) is 17.9. The molecule has 1 amide bonds. The van der Waals surface area contributed by atoms with Gasteiger partial charge in [0, 0.05) is 25.3 Å². The molecule has 0 aromatic heterocycles. The summed E-state index contributed by atoms with van der Waals surface area (Å²) in [4.78, 5) is 13.9. The van der Waals surface area contributed by atoms with E-state index in [0.717, 1.165) is 12.0 Å². The minimum absolute atomic E-state index is 0.000635. The lowest BCUT2D eigenvalue weighted by Gasteiger charge is -2.19. The number of nitrogens with zero attached hydrogens (tertiary/aromatic N) is 2. The number of rotatable bonds is 9. The summed E-state index contributed by atoms with van der Waals surface area (Å²) in [6, 6.07) is 10.2. The lowest BCUT2D eigenvalue weighted by Crippen LogP contribution is -2.32. The first-order valence-corrected chi connectivity index (χ1v) is 8.03. The molecule has 0 aliphatic rings. The average Bonchev–Trinajstić information content (AvgIpc) is 2.61. The van der Waals surface area contributed by atoms with Crippen molar-refractivity contribution >= 4 is 5.91 Å². The van der Waals surface area contributed by atoms with Crippen LogP contribution in [0.5, 0.6) is 0 Å². The summed E-state index contributed by atoms with van der Waals surface area (Å²) < 4.78 is 0. The van der Waals surface area contributed by atoms with Crippen LogP contribution in [0.2, 0.25) is 0 Å². The van der Waals surface area contributed by atoms with Gasteiger partial charge in [-0.15, -0.1) is 13.2 Å². The maximum atomic E-state index is 12.4. The number of aryl methyl sites for hydroxylation is 1. The number of nitriles is 1. The normalized spacial score (nSPS) is 12.0. The predicted octanol–water partition coefficient (Wildman–Crippen LogP) is 3.51. The molecule has 0 aliphatic carbocycles. The zero-order valence-electron chi connectivity index (χ0n) is 14.5. The Bertz CT molecular complexity index is 628. The van der Waals surface area contributed by atoms with Gasteiger partial charge in [0.2, 0.25) is 0 Å². The van der Waals surface area contributed by atoms with Crippen LogP contribution in [0.3, 0.4) is 0 Å². The Morgan fingerprint density at radius 1 is 1.29 bits per heavy atom. The molecule has 1 atom stereocenters. The van der Waals surface area contributed by atoms with E-state index in [1.165, 1.54) is 16.7 Å². The van der Waals surface area contributed by atoms with Gasteiger partial charge in [0.25, 0.3) is 5.91 Å². The van der Waals surface area contributed by atoms with Crippen LogP contribution < -0.4 is 5.32 Å². The first-order valence-electron chi connectivity index (χ1n) is 8.03. The number of nitrogens with one attached hydrogen (secondary N) is 1. The summed E-state index contributed by atoms with van der Waals surface area (Å²) in [5.74, 6) is -0.335. The molecule has 0 saturated carbocycles. The van der Waals surface area contributed by atoms with E-state index in [4.69, 9.17) is 0 Å². The molecule has 4 nitrogen and oxygen atoms in total. The molecule has 126 valence electrons. The number of hydrogen-bond acceptors (Lipinski definition) is 3. The van der Waals surface area contributed by atoms with Gasteiger partial charge in [-0.2, -0.15) is 5.26 Å². The summed E-state index contributed by atoms with van der Waals surface area (Å²) in [6.07, 6.45) is 5.74. The fraction of sp³-hybridized carbons (Fsp3) is 0.300. The highest BCUT2D eigenvalue weighted by molar-refractivity contribution is 5.97. The molecule has 0 fully saturated rings. The molecule has 0 spiro atoms. The number of benzene rings is 1. The van der Waals surface area contributed by atoms with Crippen molar-refractivity contribution in [1.29, 1.82) is 5.26 Å². The third-order valence-electron chi connectivity index (χ3n) is 3.70. The van der Waals surface area contributed by atoms with Crippen molar-refractivity contribution in [2.24, 2.45) is 0 Å². The van der Waals surface area contributed by atoms with E-state index in [-0.39, 0.29) is 17.5 Å². The molecule has 4 heteroatoms. The second kappa shape index (κ2) is 10.1. The van der Waals surface area contributed by atoms with E-state index in [2.05, 4.69) is 49.7 Å². The molecule has 0 bridgehead atoms. The summed E-state index contributed by atoms with van der Waals surface area (Å²) >= 11 is 0. The first-order chi connectivity index (χ1) is 11.6. The Hall–Kier alpha value is -2.80. The van der Waals surface area contributed by atoms with Crippen LogP contribution in [0.4, 0.5) is 0 Å². The molecular formula is C20H25N3O. The molecule has 1 rings (SSSR count). The first kappa shape index (κ1) is 19.2. The molecule has 0 heterocycles. The second-order valence-corrected chi connectivity index (χ2v) is 5.44. The Morgan fingerprint density at radius 2 is 1.88 bits per heavy atom. The van der Waals surface area contributed by atoms with Gasteiger partial charge in [-0.05, 0) is 24.5 Å². The van der Waals surface area contributed by atoms with Crippen molar-refractivity contribution in [3.63, 3.8) is 0 Å². The highest BCUT2D eigenvalue weighted by Crippen LogP contribution is 2.14. The summed E-state index contributed by atoms with van der Waals surface area (Å²) in [5, 5.41) is 12.4. The highest BCUT2D eigenvalue weighted by Gasteiger charge is 2.16. The summed E-state index contributed by atoms with van der Waals surface area (Å²) in [5.41, 5.74) is 2.44. The summed E-state index contributed by atoms with van der Waals surface area (Å²) in [6.45, 7) is 12.1. The largest absolute Gasteiger partial charge is 0.383 e. The molecule has 1 aromatic carbocycles. The lowest BCUT2D eigenvalue weighted by molar-refractivity contribution is -0.125. The summed E-state index contributed by atoms with van der Waals surface area (Å²) in [7, 11) is 0. The van der Waals surface area contributed by atoms with Crippen LogP contribution in [0.1, 0.15) is 31.0 Å². The van der Waals surface area contributed by atoms with Crippen LogP contribution in [-0.4, -0.2) is 23.9 Å². The fourth-order valence-electron chi connectivity index (χ4n) is 2.21. The number of hydrogen-bond donors (Lipinski definition) is 1. The quantitative estimate of drug-likeness (QED) is 0.430. The van der Waals surface area contributed by atoms with Gasteiger partial charge in [0.15, 0.2) is 0 Å². The minimum Gasteiger partial charge on any atom is -0.383 e. The van der Waals surface area contributed by atoms with Gasteiger partial charge in [0.05, 0.1) is 0 Å². The molecule has 0 aliphatic heterocycles. The fourth-order valence-corrected chi connectivity index (χ4v) is 2.21. The Morgan fingerprint density at radius 3 is 2.33 bits per heavy atom. The molecule has 1 N–H and O–H groups in total. The van der Waals surface area contributed by atoms with Crippen LogP contribution in [0.25, 0.3) is 0 Å². The van der Waals surface area contributed by atoms with Crippen molar-refractivity contribution in [2.45, 2.75) is 26.3 Å². The molecule has 1 aromatic rings. The van der Waals surface area contributed by atoms with Gasteiger partial charge in [-0.25, -0.2) is 0 Å². The predicted molar refractivity (Wildman–Crippen MR) is 98.0 cm³/mol. The van der Waals surface area contributed by atoms with Gasteiger partial charge in [-0.1, -0.05) is 43.3 Å². The smallest absolute Gasteiger partial charge is 0.266 e. The third kappa shape index (κ3) is 5.44. The SMILES string of the molecule is C=CCN(CC=C)C(=O)/C(C#N)=C\NC(C)c1ccc(CC)cc1. The maximum Gasteiger partial charge on any atom is 0.266 e. The minimum atomic E-state index is -0.335. The topological polar surface area (TPSA) is 56.1 Å². The standard InChI is InChI=1S/C20H25N3O/c1-5-12-23(13-6-2)20(24)19(14-21)15-22-16(4)18-10-8-17(7-3)9-11-18/h5-6,8-11,15-16,22H,1-2,7,12-13H2,3-4H3/b19-15-. The van der Waals surface area contributed by atoms with Gasteiger partial charge in [0.1, 0.15) is 11.6 Å². The van der Waals surface area contributed by atoms with Crippen molar-refractivity contribution in [2.75, 3.05) is 13.1 Å². The Kier molecular flexibility index (Phi) is 8.07. The molecule has 0 radical (unpaired) electrons. The van der Waals surface area contributed by atoms with Crippen LogP contribution in [0, 0.1) is 11.3 Å². The highest BCUT2D eigenvalue weighted by atomic mass is 16.2. The maximum absolute atomic E-state index is 12.4. The second-order valence-electron chi connectivity index (χ2n) is 5.44. The van der Waals surface area contributed by atoms with Crippen molar-refractivity contribution in [3.05, 3.63) is 72.5 Å². The van der Waals surface area contributed by atoms with Crippen LogP contribution in [-0.2, 0) is 11.2 Å². The Balaban J connectivity index is 2.83. The monoisotopic (exact) mass is 323 g/mol. The van der Waals surface area contributed by atoms with E-state index in [1.54, 1.807) is 12.2 Å². The molecule has 1 unspecified atom stereocenters. The zero-order valence-corrected chi connectivity index (χ0v) is 14.5. The molecular weight excluding hydrogens is 298 g/mol. The van der Waals surface area contributed by atoms with Crippen molar-refractivity contribution in [1.82, 2.24) is 10.2 Å². The molecule has 24 heavy (non-hydrogen) atoms. The number of carbonyl (C=O) groups excluding carboxylic acids is 1. The van der Waals surface area contributed by atoms with Crippen molar-refractivity contribution in [3.8, 4) is 6.07 Å². The van der Waals surface area contributed by atoms with E-state index in [9.17, 15) is 10.1 Å². The van der Waals surface area contributed by atoms with Gasteiger partial charge in [-0.3, -0.25) is 4.79 Å². The van der Waals surface area contributed by atoms with Gasteiger partial charge < -0.3 is 10.2 Å². The lowest BCUT2D eigenvalue weighted by atomic mass is 10.1. The average molecular weight is 323 g/mol. The van der Waals surface area contributed by atoms with E-state index < -0.39 is 0 Å². The number of amides is 1. The van der Waals surface area contributed by atoms with Gasteiger partial charge >= 0.3 is 0 Å². The van der Waals surface area contributed by atoms with Crippen LogP contribution >= 0.6 is 0 Å². The number of carbonyl (C=O) groups is 1. The van der Waals surface area contributed by atoms with E-state index in [1.807, 2.05) is 13.0 Å². The third-order valence-corrected chi connectivity index (χ3v) is 3.70. The van der Waals surface area contributed by atoms with E-state index >= 15 is 0 Å². The molecule has 0 saturated heterocycles. The Labute approximate surface area is 144 Å².